The van der Waals surface area contributed by atoms with Gasteiger partial charge in [0.15, 0.2) is 0 Å². The summed E-state index contributed by atoms with van der Waals surface area (Å²) < 4.78 is 5.68. The maximum absolute atomic E-state index is 12.5. The molecule has 2 atom stereocenters. The molecule has 0 spiro atoms. The minimum Gasteiger partial charge on any atom is -0.448 e. The molecule has 0 saturated carbocycles. The Balaban J connectivity index is 1.53. The minimum atomic E-state index is -0.439. The van der Waals surface area contributed by atoms with Crippen LogP contribution >= 0.6 is 0 Å². The lowest BCUT2D eigenvalue weighted by Crippen LogP contribution is -2.39. The molecule has 1 heterocycles. The highest BCUT2D eigenvalue weighted by atomic mass is 16.6. The number of amides is 1. The van der Waals surface area contributed by atoms with Crippen LogP contribution in [0.2, 0.25) is 0 Å². The van der Waals surface area contributed by atoms with Crippen molar-refractivity contribution in [2.45, 2.75) is 37.8 Å². The minimum absolute atomic E-state index is 0.0731. The first-order chi connectivity index (χ1) is 12.2. The number of hydrogen-bond donors (Lipinski definition) is 1. The molecule has 2 aromatic rings. The van der Waals surface area contributed by atoms with Gasteiger partial charge in [0.1, 0.15) is 6.61 Å². The fourth-order valence-electron chi connectivity index (χ4n) is 4.23. The van der Waals surface area contributed by atoms with Crippen LogP contribution in [0.1, 0.15) is 36.8 Å². The molecule has 4 rings (SSSR count). The van der Waals surface area contributed by atoms with Crippen LogP contribution < -0.4 is 0 Å². The molecule has 1 N–H and O–H groups in total. The third-order valence-electron chi connectivity index (χ3n) is 5.50. The zero-order valence-corrected chi connectivity index (χ0v) is 14.4. The highest BCUT2D eigenvalue weighted by Crippen LogP contribution is 2.44. The van der Waals surface area contributed by atoms with Crippen molar-refractivity contribution < 1.29 is 14.6 Å². The Hall–Kier alpha value is -2.33. The van der Waals surface area contributed by atoms with Gasteiger partial charge in [0, 0.05) is 12.5 Å². The van der Waals surface area contributed by atoms with Crippen molar-refractivity contribution in [1.82, 2.24) is 4.90 Å². The number of hydrogen-bond acceptors (Lipinski definition) is 3. The van der Waals surface area contributed by atoms with Crippen LogP contribution in [0.3, 0.4) is 0 Å². The highest BCUT2D eigenvalue weighted by Gasteiger charge is 2.36. The number of aliphatic hydroxyl groups excluding tert-OH is 1. The number of likely N-dealkylation sites (tertiary alicyclic amines) is 1. The van der Waals surface area contributed by atoms with Gasteiger partial charge in [-0.15, -0.1) is 0 Å². The van der Waals surface area contributed by atoms with Gasteiger partial charge in [-0.2, -0.15) is 0 Å². The Morgan fingerprint density at radius 1 is 1.12 bits per heavy atom. The zero-order chi connectivity index (χ0) is 17.4. The largest absolute Gasteiger partial charge is 0.448 e. The number of ether oxygens (including phenoxy) is 1. The molecule has 2 aliphatic rings. The van der Waals surface area contributed by atoms with Gasteiger partial charge in [0.25, 0.3) is 0 Å². The van der Waals surface area contributed by atoms with E-state index in [0.717, 1.165) is 6.42 Å². The Bertz CT molecular complexity index is 743. The van der Waals surface area contributed by atoms with Gasteiger partial charge in [-0.25, -0.2) is 4.79 Å². The first-order valence-corrected chi connectivity index (χ1v) is 9.00. The molecule has 25 heavy (non-hydrogen) atoms. The van der Waals surface area contributed by atoms with Gasteiger partial charge < -0.3 is 14.7 Å². The predicted molar refractivity (Wildman–Crippen MR) is 96.5 cm³/mol. The standard InChI is InChI=1S/C21H23NO3/c1-2-19-20(23)11-12-22(19)21(24)25-13-18-16-9-5-3-7-14(16)15-8-4-6-10-17(15)18/h3-10,18-20,23H,2,11-13H2,1H3/t19-,20-/m1/s1. The monoisotopic (exact) mass is 337 g/mol. The summed E-state index contributed by atoms with van der Waals surface area (Å²) in [6, 6.07) is 16.5. The molecule has 0 radical (unpaired) electrons. The average Bonchev–Trinajstić information content (AvgIpc) is 3.18. The molecule has 1 aliphatic heterocycles. The summed E-state index contributed by atoms with van der Waals surface area (Å²) in [5.41, 5.74) is 4.87. The Morgan fingerprint density at radius 2 is 1.72 bits per heavy atom. The van der Waals surface area contributed by atoms with E-state index in [2.05, 4.69) is 24.3 Å². The van der Waals surface area contributed by atoms with Crippen molar-refractivity contribution in [1.29, 1.82) is 0 Å². The van der Waals surface area contributed by atoms with Gasteiger partial charge in [0.05, 0.1) is 12.1 Å². The number of aliphatic hydroxyl groups is 1. The number of nitrogens with zero attached hydrogens (tertiary/aromatic N) is 1. The molecule has 0 unspecified atom stereocenters. The topological polar surface area (TPSA) is 49.8 Å². The normalized spacial score (nSPS) is 21.9. The lowest BCUT2D eigenvalue weighted by molar-refractivity contribution is 0.0731. The van der Waals surface area contributed by atoms with Gasteiger partial charge >= 0.3 is 6.09 Å². The lowest BCUT2D eigenvalue weighted by Gasteiger charge is -2.25. The molecule has 4 nitrogen and oxygen atoms in total. The molecule has 1 saturated heterocycles. The fraction of sp³-hybridized carbons (Fsp3) is 0.381. The number of fused-ring (bicyclic) bond motifs is 3. The molecule has 1 aliphatic carbocycles. The van der Waals surface area contributed by atoms with Crippen LogP contribution in [-0.2, 0) is 4.74 Å². The maximum Gasteiger partial charge on any atom is 0.410 e. The van der Waals surface area contributed by atoms with Crippen molar-refractivity contribution in [3.8, 4) is 11.1 Å². The second kappa shape index (κ2) is 6.52. The van der Waals surface area contributed by atoms with Crippen LogP contribution in [0, 0.1) is 0 Å². The summed E-state index contributed by atoms with van der Waals surface area (Å²) in [7, 11) is 0. The third kappa shape index (κ3) is 2.71. The van der Waals surface area contributed by atoms with Crippen molar-refractivity contribution in [3.63, 3.8) is 0 Å². The van der Waals surface area contributed by atoms with E-state index in [1.807, 2.05) is 31.2 Å². The Kier molecular flexibility index (Phi) is 4.22. The van der Waals surface area contributed by atoms with Crippen LogP contribution in [0.15, 0.2) is 48.5 Å². The van der Waals surface area contributed by atoms with Gasteiger partial charge in [-0.3, -0.25) is 0 Å². The summed E-state index contributed by atoms with van der Waals surface area (Å²) in [4.78, 5) is 14.2. The Morgan fingerprint density at radius 3 is 2.32 bits per heavy atom. The van der Waals surface area contributed by atoms with Crippen molar-refractivity contribution in [2.75, 3.05) is 13.2 Å². The van der Waals surface area contributed by atoms with Gasteiger partial charge in [-0.1, -0.05) is 55.5 Å². The van der Waals surface area contributed by atoms with Gasteiger partial charge in [0.2, 0.25) is 0 Å². The van der Waals surface area contributed by atoms with E-state index in [-0.39, 0.29) is 18.1 Å². The first kappa shape index (κ1) is 16.2. The molecule has 130 valence electrons. The van der Waals surface area contributed by atoms with E-state index in [4.69, 9.17) is 4.74 Å². The molecule has 1 fully saturated rings. The van der Waals surface area contributed by atoms with E-state index in [0.29, 0.717) is 19.6 Å². The predicted octanol–water partition coefficient (Wildman–Crippen LogP) is 3.78. The summed E-state index contributed by atoms with van der Waals surface area (Å²) >= 11 is 0. The van der Waals surface area contributed by atoms with Crippen LogP contribution in [0.5, 0.6) is 0 Å². The molecule has 1 amide bonds. The molecule has 0 bridgehead atoms. The average molecular weight is 337 g/mol. The quantitative estimate of drug-likeness (QED) is 0.927. The number of rotatable bonds is 3. The van der Waals surface area contributed by atoms with Crippen LogP contribution in [0.4, 0.5) is 4.79 Å². The van der Waals surface area contributed by atoms with E-state index in [9.17, 15) is 9.90 Å². The van der Waals surface area contributed by atoms with Crippen LogP contribution in [-0.4, -0.2) is 41.4 Å². The van der Waals surface area contributed by atoms with Gasteiger partial charge in [-0.05, 0) is 35.1 Å². The second-order valence-electron chi connectivity index (χ2n) is 6.83. The number of carbonyl (C=O) groups is 1. The highest BCUT2D eigenvalue weighted by molar-refractivity contribution is 5.79. The molecule has 4 heteroatoms. The van der Waals surface area contributed by atoms with Crippen molar-refractivity contribution >= 4 is 6.09 Å². The molecule has 0 aromatic heterocycles. The summed E-state index contributed by atoms with van der Waals surface area (Å²) in [5, 5.41) is 10.00. The summed E-state index contributed by atoms with van der Waals surface area (Å²) in [5.74, 6) is 0.0731. The third-order valence-corrected chi connectivity index (χ3v) is 5.50. The SMILES string of the molecule is CC[C@@H]1[C@H](O)CCN1C(=O)OCC1c2ccccc2-c2ccccc21. The van der Waals surface area contributed by atoms with E-state index in [1.54, 1.807) is 4.90 Å². The molecular formula is C21H23NO3. The zero-order valence-electron chi connectivity index (χ0n) is 14.4. The molecular weight excluding hydrogens is 314 g/mol. The van der Waals surface area contributed by atoms with E-state index < -0.39 is 6.10 Å². The number of carbonyl (C=O) groups excluding carboxylic acids is 1. The smallest absolute Gasteiger partial charge is 0.410 e. The number of benzene rings is 2. The lowest BCUT2D eigenvalue weighted by atomic mass is 9.98. The Labute approximate surface area is 148 Å². The van der Waals surface area contributed by atoms with Crippen molar-refractivity contribution in [2.24, 2.45) is 0 Å². The van der Waals surface area contributed by atoms with E-state index >= 15 is 0 Å². The maximum atomic E-state index is 12.5. The van der Waals surface area contributed by atoms with E-state index in [1.165, 1.54) is 22.3 Å². The van der Waals surface area contributed by atoms with Crippen molar-refractivity contribution in [3.05, 3.63) is 59.7 Å². The fourth-order valence-corrected chi connectivity index (χ4v) is 4.23. The summed E-state index contributed by atoms with van der Waals surface area (Å²) in [6.07, 6.45) is 0.615. The molecule has 2 aromatic carbocycles. The second-order valence-corrected chi connectivity index (χ2v) is 6.83. The first-order valence-electron chi connectivity index (χ1n) is 9.00. The van der Waals surface area contributed by atoms with Crippen LogP contribution in [0.25, 0.3) is 11.1 Å². The summed E-state index contributed by atoms with van der Waals surface area (Å²) in [6.45, 7) is 2.88.